The van der Waals surface area contributed by atoms with E-state index in [1.807, 2.05) is 6.92 Å². The van der Waals surface area contributed by atoms with Gasteiger partial charge < -0.3 is 5.32 Å². The Morgan fingerprint density at radius 1 is 1.35 bits per heavy atom. The van der Waals surface area contributed by atoms with Crippen LogP contribution in [0.5, 0.6) is 0 Å². The Balaban J connectivity index is 2.49. The number of imide groups is 1. The molecule has 11 nitrogen and oxygen atoms in total. The quantitative estimate of drug-likeness (QED) is 0.129. The van der Waals surface area contributed by atoms with Crippen LogP contribution in [0.15, 0.2) is 0 Å². The molecule has 0 aromatic carbocycles. The van der Waals surface area contributed by atoms with Crippen LogP contribution in [0.2, 0.25) is 0 Å². The van der Waals surface area contributed by atoms with Gasteiger partial charge in [0, 0.05) is 7.05 Å². The maximum absolute atomic E-state index is 12.2. The number of carbonyl (C=O) groups is 5. The number of nitrogens with zero attached hydrogens (tertiary/aromatic N) is 2. The Kier molecular flexibility index (Phi) is 8.49. The molecule has 6 amide bonds. The topological polar surface area (TPSA) is 148 Å². The maximum atomic E-state index is 12.2. The van der Waals surface area contributed by atoms with Gasteiger partial charge >= 0.3 is 6.03 Å². The maximum Gasteiger partial charge on any atom is 0.324 e. The van der Waals surface area contributed by atoms with Gasteiger partial charge in [0.15, 0.2) is 0 Å². The summed E-state index contributed by atoms with van der Waals surface area (Å²) in [6.07, 6.45) is 2.86. The Morgan fingerprint density at radius 2 is 2.04 bits per heavy atom. The number of hydroxylamine groups is 2. The molecule has 2 atom stereocenters. The standard InChI is InChI=1S/C15H25N5O6/c1-3-4-5-6-10(8-20(26)9-21)13(23)18-17-12(22)7-11-14(24)19(2)15(25)16-11/h9-11,26H,3-8H2,1-2H3,(H,16,25)(H,17,22)(H,18,23)/t10-,11?/m1/s1. The highest BCUT2D eigenvalue weighted by molar-refractivity contribution is 6.05. The molecule has 1 heterocycles. The summed E-state index contributed by atoms with van der Waals surface area (Å²) in [5.41, 5.74) is 4.39. The van der Waals surface area contributed by atoms with Crippen LogP contribution in [0.4, 0.5) is 4.79 Å². The molecule has 11 heteroatoms. The number of urea groups is 1. The average Bonchev–Trinajstić information content (AvgIpc) is 2.85. The normalized spacial score (nSPS) is 17.5. The SMILES string of the molecule is CCCCC[C@H](CN(O)C=O)C(=O)NNC(=O)CC1NC(=O)N(C)C1=O. The van der Waals surface area contributed by atoms with Crippen molar-refractivity contribution in [3.8, 4) is 0 Å². The van der Waals surface area contributed by atoms with Gasteiger partial charge in [0.1, 0.15) is 6.04 Å². The van der Waals surface area contributed by atoms with Crippen molar-refractivity contribution in [2.75, 3.05) is 13.6 Å². The Morgan fingerprint density at radius 3 is 2.58 bits per heavy atom. The smallest absolute Gasteiger partial charge is 0.324 e. The van der Waals surface area contributed by atoms with Crippen molar-refractivity contribution in [3.63, 3.8) is 0 Å². The van der Waals surface area contributed by atoms with Gasteiger partial charge in [-0.25, -0.2) is 9.86 Å². The van der Waals surface area contributed by atoms with Gasteiger partial charge in [0.25, 0.3) is 5.91 Å². The van der Waals surface area contributed by atoms with Gasteiger partial charge in [-0.15, -0.1) is 0 Å². The molecule has 0 spiro atoms. The van der Waals surface area contributed by atoms with Gasteiger partial charge in [-0.1, -0.05) is 26.2 Å². The molecule has 0 aliphatic carbocycles. The molecule has 146 valence electrons. The average molecular weight is 371 g/mol. The summed E-state index contributed by atoms with van der Waals surface area (Å²) in [6, 6.07) is -1.57. The summed E-state index contributed by atoms with van der Waals surface area (Å²) in [5, 5.41) is 12.0. The molecule has 26 heavy (non-hydrogen) atoms. The molecule has 1 aliphatic heterocycles. The third-order valence-corrected chi connectivity index (χ3v) is 4.00. The van der Waals surface area contributed by atoms with Gasteiger partial charge in [-0.05, 0) is 6.42 Å². The predicted octanol–water partition coefficient (Wildman–Crippen LogP) is -0.882. The molecule has 0 saturated carbocycles. The van der Waals surface area contributed by atoms with Crippen LogP contribution in [-0.2, 0) is 19.2 Å². The third-order valence-electron chi connectivity index (χ3n) is 4.00. The summed E-state index contributed by atoms with van der Waals surface area (Å²) in [5.74, 6) is -2.45. The minimum absolute atomic E-state index is 0.198. The molecule has 0 bridgehead atoms. The van der Waals surface area contributed by atoms with E-state index in [0.717, 1.165) is 24.2 Å². The van der Waals surface area contributed by atoms with Crippen LogP contribution in [0.3, 0.4) is 0 Å². The zero-order valence-corrected chi connectivity index (χ0v) is 14.9. The molecule has 1 saturated heterocycles. The molecular formula is C15H25N5O6. The molecule has 4 N–H and O–H groups in total. The van der Waals surface area contributed by atoms with Gasteiger partial charge in [0.05, 0.1) is 18.9 Å². The van der Waals surface area contributed by atoms with Gasteiger partial charge in [-0.3, -0.25) is 40.1 Å². The predicted molar refractivity (Wildman–Crippen MR) is 88.2 cm³/mol. The first-order valence-electron chi connectivity index (χ1n) is 8.37. The fraction of sp³-hybridized carbons (Fsp3) is 0.667. The Bertz CT molecular complexity index is 555. The molecule has 1 fully saturated rings. The van der Waals surface area contributed by atoms with Crippen LogP contribution < -0.4 is 16.2 Å². The van der Waals surface area contributed by atoms with E-state index in [1.165, 1.54) is 7.05 Å². The zero-order chi connectivity index (χ0) is 19.7. The molecular weight excluding hydrogens is 346 g/mol. The van der Waals surface area contributed by atoms with Gasteiger partial charge in [-0.2, -0.15) is 0 Å². The highest BCUT2D eigenvalue weighted by Gasteiger charge is 2.36. The van der Waals surface area contributed by atoms with Crippen LogP contribution in [-0.4, -0.2) is 65.0 Å². The van der Waals surface area contributed by atoms with E-state index < -0.39 is 35.7 Å². The third kappa shape index (κ3) is 6.31. The van der Waals surface area contributed by atoms with E-state index in [2.05, 4.69) is 16.2 Å². The molecule has 1 rings (SSSR count). The number of nitrogens with one attached hydrogen (secondary N) is 3. The number of likely N-dealkylation sites (N-methyl/N-ethyl adjacent to an activating group) is 1. The number of amides is 6. The summed E-state index contributed by atoms with van der Waals surface area (Å²) < 4.78 is 0. The number of unbranched alkanes of at least 4 members (excludes halogenated alkanes) is 2. The largest absolute Gasteiger partial charge is 0.325 e. The van der Waals surface area contributed by atoms with E-state index in [4.69, 9.17) is 0 Å². The Hall–Kier alpha value is -2.69. The minimum atomic E-state index is -0.979. The highest BCUT2D eigenvalue weighted by Crippen LogP contribution is 2.11. The summed E-state index contributed by atoms with van der Waals surface area (Å²) in [6.45, 7) is 1.80. The lowest BCUT2D eigenvalue weighted by Gasteiger charge is -2.20. The number of carbonyl (C=O) groups excluding carboxylic acids is 5. The lowest BCUT2D eigenvalue weighted by atomic mass is 10.0. The molecule has 1 aliphatic rings. The molecule has 0 aromatic heterocycles. The number of rotatable bonds is 10. The fourth-order valence-electron chi connectivity index (χ4n) is 2.46. The number of hydrazine groups is 1. The second-order valence-corrected chi connectivity index (χ2v) is 6.06. The van der Waals surface area contributed by atoms with Crippen LogP contribution in [0.25, 0.3) is 0 Å². The van der Waals surface area contributed by atoms with Crippen molar-refractivity contribution in [1.82, 2.24) is 26.1 Å². The van der Waals surface area contributed by atoms with Crippen molar-refractivity contribution in [2.45, 2.75) is 45.1 Å². The first-order valence-corrected chi connectivity index (χ1v) is 8.37. The minimum Gasteiger partial charge on any atom is -0.325 e. The second-order valence-electron chi connectivity index (χ2n) is 6.06. The fourth-order valence-corrected chi connectivity index (χ4v) is 2.46. The van der Waals surface area contributed by atoms with Crippen LogP contribution in [0, 0.1) is 5.92 Å². The van der Waals surface area contributed by atoms with Crippen molar-refractivity contribution in [2.24, 2.45) is 5.92 Å². The van der Waals surface area contributed by atoms with Crippen LogP contribution >= 0.6 is 0 Å². The lowest BCUT2D eigenvalue weighted by molar-refractivity contribution is -0.155. The van der Waals surface area contributed by atoms with E-state index in [0.29, 0.717) is 11.5 Å². The molecule has 0 radical (unpaired) electrons. The van der Waals surface area contributed by atoms with E-state index in [1.54, 1.807) is 0 Å². The Labute approximate surface area is 151 Å². The second kappa shape index (κ2) is 10.3. The summed E-state index contributed by atoms with van der Waals surface area (Å²) in [7, 11) is 1.30. The zero-order valence-electron chi connectivity index (χ0n) is 14.9. The van der Waals surface area contributed by atoms with Crippen molar-refractivity contribution < 1.29 is 29.2 Å². The van der Waals surface area contributed by atoms with E-state index in [-0.39, 0.29) is 19.4 Å². The summed E-state index contributed by atoms with van der Waals surface area (Å²) in [4.78, 5) is 58.5. The number of hydrogen-bond acceptors (Lipinski definition) is 6. The highest BCUT2D eigenvalue weighted by atomic mass is 16.5. The molecule has 1 unspecified atom stereocenters. The van der Waals surface area contributed by atoms with E-state index in [9.17, 15) is 29.2 Å². The van der Waals surface area contributed by atoms with Crippen molar-refractivity contribution in [3.05, 3.63) is 0 Å². The van der Waals surface area contributed by atoms with E-state index >= 15 is 0 Å². The lowest BCUT2D eigenvalue weighted by Crippen LogP contribution is -2.48. The molecule has 0 aromatic rings. The van der Waals surface area contributed by atoms with Crippen molar-refractivity contribution >= 4 is 30.2 Å². The number of hydrogen-bond donors (Lipinski definition) is 4. The first-order chi connectivity index (χ1) is 12.3. The van der Waals surface area contributed by atoms with Crippen LogP contribution in [0.1, 0.15) is 39.0 Å². The summed E-state index contributed by atoms with van der Waals surface area (Å²) >= 11 is 0. The van der Waals surface area contributed by atoms with Crippen molar-refractivity contribution in [1.29, 1.82) is 0 Å². The first kappa shape index (κ1) is 21.4. The van der Waals surface area contributed by atoms with Gasteiger partial charge in [0.2, 0.25) is 18.2 Å². The monoisotopic (exact) mass is 371 g/mol.